The highest BCUT2D eigenvalue weighted by atomic mass is 16.5. The van der Waals surface area contributed by atoms with Crippen LogP contribution in [0.5, 0.6) is 0 Å². The van der Waals surface area contributed by atoms with Crippen LogP contribution < -0.4 is 0 Å². The average Bonchev–Trinajstić information content (AvgIpc) is 2.76. The Kier molecular flexibility index (Phi) is 3.18. The fraction of sp³-hybridized carbons (Fsp3) is 0.308. The Morgan fingerprint density at radius 3 is 2.87 bits per heavy atom. The number of rotatable bonds is 3. The second-order valence-electron chi connectivity index (χ2n) is 3.55. The van der Waals surface area contributed by atoms with Crippen LogP contribution in [0.1, 0.15) is 25.3 Å². The number of hydrogen-bond donors (Lipinski definition) is 0. The highest BCUT2D eigenvalue weighted by Gasteiger charge is 2.13. The van der Waals surface area contributed by atoms with Crippen LogP contribution in [0, 0.1) is 0 Å². The predicted octanol–water partition coefficient (Wildman–Crippen LogP) is 3.15. The Morgan fingerprint density at radius 2 is 2.13 bits per heavy atom. The van der Waals surface area contributed by atoms with Gasteiger partial charge in [-0.25, -0.2) is 4.99 Å². The van der Waals surface area contributed by atoms with Crippen LogP contribution in [-0.4, -0.2) is 12.4 Å². The molecule has 0 bridgehead atoms. The van der Waals surface area contributed by atoms with Gasteiger partial charge in [-0.3, -0.25) is 0 Å². The van der Waals surface area contributed by atoms with Crippen LogP contribution in [0.25, 0.3) is 0 Å². The zero-order valence-corrected chi connectivity index (χ0v) is 8.94. The number of benzene rings is 1. The van der Waals surface area contributed by atoms with Crippen LogP contribution in [-0.2, 0) is 4.74 Å². The smallest absolute Gasteiger partial charge is 0.222 e. The van der Waals surface area contributed by atoms with Crippen molar-refractivity contribution >= 4 is 5.90 Å². The van der Waals surface area contributed by atoms with Gasteiger partial charge in [0, 0.05) is 5.56 Å². The lowest BCUT2D eigenvalue weighted by molar-refractivity contribution is 0.436. The summed E-state index contributed by atoms with van der Waals surface area (Å²) in [6.45, 7) is 2.84. The Labute approximate surface area is 90.3 Å². The van der Waals surface area contributed by atoms with E-state index in [2.05, 4.69) is 18.0 Å². The van der Waals surface area contributed by atoms with Gasteiger partial charge >= 0.3 is 0 Å². The van der Waals surface area contributed by atoms with Crippen molar-refractivity contribution in [2.45, 2.75) is 19.8 Å². The molecule has 0 fully saturated rings. The third-order valence-electron chi connectivity index (χ3n) is 2.29. The minimum absolute atomic E-state index is 0.685. The summed E-state index contributed by atoms with van der Waals surface area (Å²) in [5.74, 6) is 1.73. The summed E-state index contributed by atoms with van der Waals surface area (Å²) in [5.41, 5.74) is 1.05. The van der Waals surface area contributed by atoms with E-state index in [-0.39, 0.29) is 0 Å². The van der Waals surface area contributed by atoms with Crippen molar-refractivity contribution in [2.24, 2.45) is 4.99 Å². The van der Waals surface area contributed by atoms with Gasteiger partial charge in [-0.1, -0.05) is 31.5 Å². The fourth-order valence-electron chi connectivity index (χ4n) is 1.48. The first kappa shape index (κ1) is 9.97. The summed E-state index contributed by atoms with van der Waals surface area (Å²) >= 11 is 0. The van der Waals surface area contributed by atoms with E-state index in [0.29, 0.717) is 6.54 Å². The Balaban J connectivity index is 2.04. The number of unbranched alkanes of at least 4 members (excludes halogenated alkanes) is 1. The van der Waals surface area contributed by atoms with Crippen molar-refractivity contribution in [3.8, 4) is 0 Å². The van der Waals surface area contributed by atoms with Gasteiger partial charge in [-0.2, -0.15) is 0 Å². The van der Waals surface area contributed by atoms with E-state index in [9.17, 15) is 0 Å². The minimum atomic E-state index is 0.685. The monoisotopic (exact) mass is 201 g/mol. The summed E-state index contributed by atoms with van der Waals surface area (Å²) in [7, 11) is 0. The molecule has 0 saturated heterocycles. The van der Waals surface area contributed by atoms with Crippen molar-refractivity contribution in [2.75, 3.05) is 6.54 Å². The average molecular weight is 201 g/mol. The van der Waals surface area contributed by atoms with E-state index >= 15 is 0 Å². The highest BCUT2D eigenvalue weighted by Crippen LogP contribution is 2.15. The lowest BCUT2D eigenvalue weighted by atomic mass is 10.2. The molecule has 0 amide bonds. The number of aliphatic imine (C=N–C) groups is 1. The molecule has 0 saturated carbocycles. The Hall–Kier alpha value is -1.57. The molecule has 1 aromatic carbocycles. The largest absolute Gasteiger partial charge is 0.441 e. The van der Waals surface area contributed by atoms with Crippen molar-refractivity contribution in [3.05, 3.63) is 47.7 Å². The van der Waals surface area contributed by atoms with Crippen molar-refractivity contribution < 1.29 is 4.74 Å². The summed E-state index contributed by atoms with van der Waals surface area (Å²) in [5, 5.41) is 0. The van der Waals surface area contributed by atoms with Gasteiger partial charge in [0.1, 0.15) is 12.3 Å². The maximum Gasteiger partial charge on any atom is 0.222 e. The molecule has 2 rings (SSSR count). The molecule has 0 spiro atoms. The summed E-state index contributed by atoms with van der Waals surface area (Å²) < 4.78 is 5.66. The Morgan fingerprint density at radius 1 is 1.33 bits per heavy atom. The maximum absolute atomic E-state index is 5.66. The number of hydrogen-bond acceptors (Lipinski definition) is 2. The molecular formula is C13H15NO. The normalized spacial score (nSPS) is 17.7. The van der Waals surface area contributed by atoms with Crippen molar-refractivity contribution in [1.29, 1.82) is 0 Å². The molecule has 1 heterocycles. The molecule has 1 aliphatic rings. The van der Waals surface area contributed by atoms with E-state index in [0.717, 1.165) is 30.1 Å². The van der Waals surface area contributed by atoms with Gasteiger partial charge < -0.3 is 4.74 Å². The molecule has 2 nitrogen and oxygen atoms in total. The molecule has 15 heavy (non-hydrogen) atoms. The molecule has 1 aromatic rings. The van der Waals surface area contributed by atoms with Gasteiger partial charge in [-0.15, -0.1) is 0 Å². The van der Waals surface area contributed by atoms with Crippen LogP contribution in [0.3, 0.4) is 0 Å². The third kappa shape index (κ3) is 2.46. The molecular weight excluding hydrogens is 186 g/mol. The first-order valence-corrected chi connectivity index (χ1v) is 5.37. The van der Waals surface area contributed by atoms with E-state index in [1.807, 2.05) is 30.3 Å². The van der Waals surface area contributed by atoms with Gasteiger partial charge in [0.05, 0.1) is 0 Å². The fourth-order valence-corrected chi connectivity index (χ4v) is 1.48. The molecule has 1 aliphatic heterocycles. The molecule has 0 unspecified atom stereocenters. The highest BCUT2D eigenvalue weighted by molar-refractivity contribution is 5.95. The lowest BCUT2D eigenvalue weighted by Gasteiger charge is -2.01. The second-order valence-corrected chi connectivity index (χ2v) is 3.55. The van der Waals surface area contributed by atoms with Gasteiger partial charge in [0.2, 0.25) is 5.90 Å². The molecule has 0 aliphatic carbocycles. The minimum Gasteiger partial charge on any atom is -0.441 e. The number of ether oxygens (including phenoxy) is 1. The molecule has 2 heteroatoms. The standard InChI is InChI=1S/C13H15NO/c1-2-3-9-12-10-14-13(15-12)11-7-5-4-6-8-11/h4-9H,2-3,10H2,1H3/b12-9-. The zero-order chi connectivity index (χ0) is 10.5. The van der Waals surface area contributed by atoms with Crippen LogP contribution in [0.15, 0.2) is 47.2 Å². The molecule has 0 N–H and O–H groups in total. The molecule has 0 aromatic heterocycles. The zero-order valence-electron chi connectivity index (χ0n) is 8.94. The van der Waals surface area contributed by atoms with Gasteiger partial charge in [-0.05, 0) is 24.6 Å². The maximum atomic E-state index is 5.66. The van der Waals surface area contributed by atoms with Gasteiger partial charge in [0.25, 0.3) is 0 Å². The first-order chi connectivity index (χ1) is 7.40. The van der Waals surface area contributed by atoms with E-state index < -0.39 is 0 Å². The summed E-state index contributed by atoms with van der Waals surface area (Å²) in [6, 6.07) is 10.0. The first-order valence-electron chi connectivity index (χ1n) is 5.37. The van der Waals surface area contributed by atoms with Gasteiger partial charge in [0.15, 0.2) is 0 Å². The third-order valence-corrected chi connectivity index (χ3v) is 2.29. The topological polar surface area (TPSA) is 21.6 Å². The summed E-state index contributed by atoms with van der Waals surface area (Å²) in [6.07, 6.45) is 4.33. The van der Waals surface area contributed by atoms with Crippen LogP contribution in [0.4, 0.5) is 0 Å². The number of nitrogens with zero attached hydrogens (tertiary/aromatic N) is 1. The van der Waals surface area contributed by atoms with Crippen LogP contribution >= 0.6 is 0 Å². The summed E-state index contributed by atoms with van der Waals surface area (Å²) in [4.78, 5) is 4.37. The quantitative estimate of drug-likeness (QED) is 0.736. The molecule has 0 radical (unpaired) electrons. The van der Waals surface area contributed by atoms with Crippen molar-refractivity contribution in [3.63, 3.8) is 0 Å². The molecule has 78 valence electrons. The predicted molar refractivity (Wildman–Crippen MR) is 61.9 cm³/mol. The van der Waals surface area contributed by atoms with E-state index in [1.54, 1.807) is 0 Å². The Bertz CT molecular complexity index is 379. The number of allylic oxidation sites excluding steroid dienone is 1. The van der Waals surface area contributed by atoms with E-state index in [1.165, 1.54) is 0 Å². The second kappa shape index (κ2) is 4.78. The lowest BCUT2D eigenvalue weighted by Crippen LogP contribution is -1.99. The van der Waals surface area contributed by atoms with E-state index in [4.69, 9.17) is 4.74 Å². The SMILES string of the molecule is CCC/C=C1/CN=C(c2ccccc2)O1. The van der Waals surface area contributed by atoms with Crippen molar-refractivity contribution in [1.82, 2.24) is 0 Å². The molecule has 0 atom stereocenters. The van der Waals surface area contributed by atoms with Crippen LogP contribution in [0.2, 0.25) is 0 Å².